The van der Waals surface area contributed by atoms with Gasteiger partial charge in [0.05, 0.1) is 11.6 Å². The van der Waals surface area contributed by atoms with Gasteiger partial charge in [-0.05, 0) is 25.3 Å². The maximum Gasteiger partial charge on any atom is 0.352 e. The molecule has 0 atom stereocenters. The highest BCUT2D eigenvalue weighted by atomic mass is 35.5. The van der Waals surface area contributed by atoms with E-state index in [4.69, 9.17) is 23.2 Å². The second-order valence-electron chi connectivity index (χ2n) is 4.98. The van der Waals surface area contributed by atoms with Crippen LogP contribution in [0, 0.1) is 0 Å². The molecule has 1 fully saturated rings. The second kappa shape index (κ2) is 5.16. The minimum absolute atomic E-state index is 0.0742. The Morgan fingerprint density at radius 1 is 1.55 bits per heavy atom. The Bertz CT molecular complexity index is 542. The van der Waals surface area contributed by atoms with E-state index in [1.165, 1.54) is 10.6 Å². The summed E-state index contributed by atoms with van der Waals surface area (Å²) in [5, 5.41) is 12.3. The molecule has 0 aliphatic heterocycles. The van der Waals surface area contributed by atoms with Gasteiger partial charge in [-0.15, -0.1) is 0 Å². The molecular formula is C12H14Cl2F2N2O2. The number of carbonyl (C=O) groups is 1. The quantitative estimate of drug-likeness (QED) is 0.893. The van der Waals surface area contributed by atoms with E-state index in [0.717, 1.165) is 0 Å². The zero-order valence-corrected chi connectivity index (χ0v) is 12.2. The van der Waals surface area contributed by atoms with Gasteiger partial charge in [0, 0.05) is 12.7 Å². The third-order valence-electron chi connectivity index (χ3n) is 3.70. The van der Waals surface area contributed by atoms with E-state index in [1.54, 1.807) is 7.05 Å². The summed E-state index contributed by atoms with van der Waals surface area (Å²) in [6.45, 7) is -0.145. The summed E-state index contributed by atoms with van der Waals surface area (Å²) in [5.41, 5.74) is -1.73. The fourth-order valence-corrected chi connectivity index (χ4v) is 2.49. The van der Waals surface area contributed by atoms with Crippen LogP contribution in [0.15, 0.2) is 6.07 Å². The summed E-state index contributed by atoms with van der Waals surface area (Å²) in [4.78, 5) is 11.6. The molecular weight excluding hydrogens is 313 g/mol. The molecule has 0 bridgehead atoms. The van der Waals surface area contributed by atoms with Gasteiger partial charge in [0.2, 0.25) is 0 Å². The molecule has 2 N–H and O–H groups in total. The van der Waals surface area contributed by atoms with Crippen LogP contribution < -0.4 is 5.32 Å². The van der Waals surface area contributed by atoms with E-state index in [1.807, 2.05) is 0 Å². The van der Waals surface area contributed by atoms with Gasteiger partial charge in [-0.3, -0.25) is 4.79 Å². The smallest absolute Gasteiger partial charge is 0.352 e. The number of rotatable bonds is 4. The molecule has 1 aromatic heterocycles. The van der Waals surface area contributed by atoms with E-state index in [0.29, 0.717) is 12.1 Å². The lowest BCUT2D eigenvalue weighted by Gasteiger charge is -2.41. The molecule has 4 nitrogen and oxygen atoms in total. The molecule has 0 aromatic carbocycles. The van der Waals surface area contributed by atoms with Crippen molar-refractivity contribution in [3.8, 4) is 0 Å². The van der Waals surface area contributed by atoms with Crippen molar-refractivity contribution < 1.29 is 18.7 Å². The summed E-state index contributed by atoms with van der Waals surface area (Å²) in [7, 11) is 1.60. The number of aliphatic hydroxyl groups is 1. The summed E-state index contributed by atoms with van der Waals surface area (Å²) in [5.74, 6) is -5.29. The summed E-state index contributed by atoms with van der Waals surface area (Å²) >= 11 is 11.6. The molecule has 1 aliphatic carbocycles. The van der Waals surface area contributed by atoms with E-state index >= 15 is 0 Å². The highest BCUT2D eigenvalue weighted by Crippen LogP contribution is 2.44. The standard InChI is InChI=1S/C12H14Cl2F2N2O2/c1-18-7(5-8(13)9(18)14)6-17-10(19)12(15,16)11(20)3-2-4-11/h5,20H,2-4,6H2,1H3,(H,17,19). The number of carbonyl (C=O) groups excluding carboxylic acids is 1. The van der Waals surface area contributed by atoms with Gasteiger partial charge < -0.3 is 15.0 Å². The molecule has 0 spiro atoms. The molecule has 0 radical (unpaired) electrons. The molecule has 112 valence electrons. The van der Waals surface area contributed by atoms with Crippen LogP contribution in [0.2, 0.25) is 10.2 Å². The van der Waals surface area contributed by atoms with Gasteiger partial charge in [-0.25, -0.2) is 0 Å². The highest BCUT2D eigenvalue weighted by molar-refractivity contribution is 6.41. The largest absolute Gasteiger partial charge is 0.383 e. The van der Waals surface area contributed by atoms with Crippen LogP contribution in [-0.4, -0.2) is 27.1 Å². The number of nitrogens with one attached hydrogen (secondary N) is 1. The maximum absolute atomic E-state index is 13.8. The molecule has 2 rings (SSSR count). The first-order valence-electron chi connectivity index (χ1n) is 6.07. The monoisotopic (exact) mass is 326 g/mol. The predicted molar refractivity (Wildman–Crippen MR) is 71.0 cm³/mol. The molecule has 8 heteroatoms. The molecule has 1 aliphatic rings. The summed E-state index contributed by atoms with van der Waals surface area (Å²) in [6.07, 6.45) is 0.340. The first-order chi connectivity index (χ1) is 9.19. The molecule has 1 heterocycles. The molecule has 1 aromatic rings. The molecule has 1 saturated carbocycles. The number of amides is 1. The molecule has 20 heavy (non-hydrogen) atoms. The van der Waals surface area contributed by atoms with Crippen molar-refractivity contribution in [2.45, 2.75) is 37.3 Å². The number of nitrogens with zero attached hydrogens (tertiary/aromatic N) is 1. The lowest BCUT2D eigenvalue weighted by molar-refractivity contribution is -0.216. The Balaban J connectivity index is 2.03. The lowest BCUT2D eigenvalue weighted by Crippen LogP contribution is -2.60. The van der Waals surface area contributed by atoms with Crippen LogP contribution in [0.4, 0.5) is 8.78 Å². The SMILES string of the molecule is Cn1c(CNC(=O)C(F)(F)C2(O)CCC2)cc(Cl)c1Cl. The van der Waals surface area contributed by atoms with Crippen molar-refractivity contribution in [1.82, 2.24) is 9.88 Å². The van der Waals surface area contributed by atoms with Crippen molar-refractivity contribution in [2.75, 3.05) is 0 Å². The molecule has 0 saturated heterocycles. The van der Waals surface area contributed by atoms with Gasteiger partial charge in [0.25, 0.3) is 5.91 Å². The predicted octanol–water partition coefficient (Wildman–Crippen LogP) is 2.50. The zero-order chi connectivity index (χ0) is 15.1. The van der Waals surface area contributed by atoms with Crippen LogP contribution in [0.1, 0.15) is 25.0 Å². The van der Waals surface area contributed by atoms with Gasteiger partial charge in [-0.1, -0.05) is 23.2 Å². The Morgan fingerprint density at radius 2 is 2.15 bits per heavy atom. The van der Waals surface area contributed by atoms with E-state index in [2.05, 4.69) is 5.32 Å². The van der Waals surface area contributed by atoms with Crippen molar-refractivity contribution in [2.24, 2.45) is 7.05 Å². The van der Waals surface area contributed by atoms with E-state index < -0.39 is 17.4 Å². The fraction of sp³-hybridized carbons (Fsp3) is 0.583. The summed E-state index contributed by atoms with van der Waals surface area (Å²) < 4.78 is 29.1. The summed E-state index contributed by atoms with van der Waals surface area (Å²) in [6, 6.07) is 1.49. The van der Waals surface area contributed by atoms with Gasteiger partial charge in [0.1, 0.15) is 10.8 Å². The third kappa shape index (κ3) is 2.40. The van der Waals surface area contributed by atoms with Crippen LogP contribution in [0.25, 0.3) is 0 Å². The molecule has 1 amide bonds. The number of alkyl halides is 2. The van der Waals surface area contributed by atoms with E-state index in [9.17, 15) is 18.7 Å². The fourth-order valence-electron chi connectivity index (χ4n) is 2.08. The van der Waals surface area contributed by atoms with Gasteiger partial charge in [0.15, 0.2) is 0 Å². The number of aromatic nitrogens is 1. The minimum Gasteiger partial charge on any atom is -0.383 e. The van der Waals surface area contributed by atoms with Crippen LogP contribution in [0.3, 0.4) is 0 Å². The minimum atomic E-state index is -3.80. The zero-order valence-electron chi connectivity index (χ0n) is 10.7. The highest BCUT2D eigenvalue weighted by Gasteiger charge is 2.61. The topological polar surface area (TPSA) is 54.3 Å². The van der Waals surface area contributed by atoms with Crippen molar-refractivity contribution >= 4 is 29.1 Å². The van der Waals surface area contributed by atoms with Crippen molar-refractivity contribution in [3.63, 3.8) is 0 Å². The van der Waals surface area contributed by atoms with Crippen molar-refractivity contribution in [1.29, 1.82) is 0 Å². The Morgan fingerprint density at radius 3 is 2.55 bits per heavy atom. The average molecular weight is 327 g/mol. The first kappa shape index (κ1) is 15.5. The molecule has 0 unspecified atom stereocenters. The Kier molecular flexibility index (Phi) is 4.01. The normalized spacial score (nSPS) is 17.7. The first-order valence-corrected chi connectivity index (χ1v) is 6.83. The van der Waals surface area contributed by atoms with Gasteiger partial charge >= 0.3 is 5.92 Å². The lowest BCUT2D eigenvalue weighted by atomic mass is 9.75. The van der Waals surface area contributed by atoms with Crippen LogP contribution >= 0.6 is 23.2 Å². The average Bonchev–Trinajstić information content (AvgIpc) is 2.60. The van der Waals surface area contributed by atoms with Crippen LogP contribution in [-0.2, 0) is 18.4 Å². The number of halogens is 4. The Hall–Kier alpha value is -0.850. The number of hydrogen-bond acceptors (Lipinski definition) is 2. The maximum atomic E-state index is 13.8. The van der Waals surface area contributed by atoms with Crippen LogP contribution in [0.5, 0.6) is 0 Å². The Labute approximate surface area is 124 Å². The van der Waals surface area contributed by atoms with Crippen molar-refractivity contribution in [3.05, 3.63) is 21.9 Å². The van der Waals surface area contributed by atoms with Gasteiger partial charge in [-0.2, -0.15) is 8.78 Å². The third-order valence-corrected chi connectivity index (χ3v) is 4.54. The second-order valence-corrected chi connectivity index (χ2v) is 5.74. The van der Waals surface area contributed by atoms with E-state index in [-0.39, 0.29) is 29.6 Å². The number of hydrogen-bond donors (Lipinski definition) is 2.